The van der Waals surface area contributed by atoms with E-state index in [1.54, 1.807) is 0 Å². The molecule has 2 nitrogen and oxygen atoms in total. The minimum atomic E-state index is 0.340. The van der Waals surface area contributed by atoms with Crippen LogP contribution in [0.15, 0.2) is 0 Å². The second-order valence-electron chi connectivity index (χ2n) is 3.44. The normalized spacial score (nSPS) is 12.9. The molecule has 0 aliphatic carbocycles. The third-order valence-corrected chi connectivity index (χ3v) is 2.00. The van der Waals surface area contributed by atoms with Crippen LogP contribution in [0.2, 0.25) is 0 Å². The van der Waals surface area contributed by atoms with Gasteiger partial charge in [0.1, 0.15) is 0 Å². The molecular weight excluding hydrogens is 150 g/mol. The summed E-state index contributed by atoms with van der Waals surface area (Å²) in [6.45, 7) is 7.19. The Bertz CT molecular complexity index is 137. The number of ether oxygens (including phenoxy) is 1. The zero-order chi connectivity index (χ0) is 9.40. The van der Waals surface area contributed by atoms with Gasteiger partial charge in [-0.2, -0.15) is 5.26 Å². The molecule has 0 aliphatic rings. The van der Waals surface area contributed by atoms with Gasteiger partial charge in [0.05, 0.1) is 12.2 Å². The van der Waals surface area contributed by atoms with Crippen molar-refractivity contribution in [3.8, 4) is 6.07 Å². The summed E-state index contributed by atoms with van der Waals surface area (Å²) in [6.07, 6.45) is 2.96. The van der Waals surface area contributed by atoms with E-state index in [0.29, 0.717) is 18.4 Å². The van der Waals surface area contributed by atoms with E-state index < -0.39 is 0 Å². The Morgan fingerprint density at radius 2 is 1.92 bits per heavy atom. The smallest absolute Gasteiger partial charge is 0.0621 e. The SMILES string of the molecule is CC(C)[C@@H](C)OCCCCC#N. The maximum atomic E-state index is 8.27. The number of unbranched alkanes of at least 4 members (excludes halogenated alkanes) is 2. The molecule has 0 radical (unpaired) electrons. The number of nitriles is 1. The van der Waals surface area contributed by atoms with Crippen molar-refractivity contribution in [3.63, 3.8) is 0 Å². The zero-order valence-electron chi connectivity index (χ0n) is 8.34. The molecule has 0 amide bonds. The van der Waals surface area contributed by atoms with Crippen LogP contribution in [0.1, 0.15) is 40.0 Å². The largest absolute Gasteiger partial charge is 0.378 e. The van der Waals surface area contributed by atoms with Crippen molar-refractivity contribution in [2.75, 3.05) is 6.61 Å². The molecule has 0 fully saturated rings. The molecule has 0 saturated carbocycles. The van der Waals surface area contributed by atoms with Crippen LogP contribution in [0, 0.1) is 17.2 Å². The van der Waals surface area contributed by atoms with Gasteiger partial charge in [-0.25, -0.2) is 0 Å². The van der Waals surface area contributed by atoms with E-state index in [0.717, 1.165) is 19.4 Å². The van der Waals surface area contributed by atoms with Gasteiger partial charge in [0.15, 0.2) is 0 Å². The minimum absolute atomic E-state index is 0.340. The van der Waals surface area contributed by atoms with Crippen LogP contribution in [0.4, 0.5) is 0 Å². The van der Waals surface area contributed by atoms with Crippen LogP contribution in [-0.2, 0) is 4.74 Å². The lowest BCUT2D eigenvalue weighted by atomic mass is 10.1. The quantitative estimate of drug-likeness (QED) is 0.573. The first-order valence-corrected chi connectivity index (χ1v) is 4.67. The van der Waals surface area contributed by atoms with Crippen LogP contribution < -0.4 is 0 Å². The van der Waals surface area contributed by atoms with Gasteiger partial charge in [0, 0.05) is 13.0 Å². The molecule has 2 heteroatoms. The molecule has 0 spiro atoms. The molecule has 0 bridgehead atoms. The summed E-state index contributed by atoms with van der Waals surface area (Å²) in [7, 11) is 0. The first kappa shape index (κ1) is 11.4. The van der Waals surface area contributed by atoms with Gasteiger partial charge in [-0.1, -0.05) is 13.8 Å². The molecule has 12 heavy (non-hydrogen) atoms. The third kappa shape index (κ3) is 6.18. The zero-order valence-corrected chi connectivity index (χ0v) is 8.34. The predicted octanol–water partition coefficient (Wildman–Crippen LogP) is 2.74. The van der Waals surface area contributed by atoms with Crippen molar-refractivity contribution in [3.05, 3.63) is 0 Å². The van der Waals surface area contributed by atoms with Crippen LogP contribution in [0.25, 0.3) is 0 Å². The van der Waals surface area contributed by atoms with E-state index in [2.05, 4.69) is 26.8 Å². The van der Waals surface area contributed by atoms with E-state index in [9.17, 15) is 0 Å². The van der Waals surface area contributed by atoms with E-state index in [-0.39, 0.29) is 0 Å². The Morgan fingerprint density at radius 1 is 1.25 bits per heavy atom. The fraction of sp³-hybridized carbons (Fsp3) is 0.900. The molecule has 0 heterocycles. The predicted molar refractivity (Wildman–Crippen MR) is 49.7 cm³/mol. The van der Waals surface area contributed by atoms with Crippen LogP contribution in [-0.4, -0.2) is 12.7 Å². The van der Waals surface area contributed by atoms with Crippen molar-refractivity contribution in [2.45, 2.75) is 46.1 Å². The molecule has 70 valence electrons. The van der Waals surface area contributed by atoms with Crippen LogP contribution in [0.3, 0.4) is 0 Å². The van der Waals surface area contributed by atoms with Gasteiger partial charge in [-0.15, -0.1) is 0 Å². The summed E-state index contributed by atoms with van der Waals surface area (Å²) in [5, 5.41) is 8.27. The first-order valence-electron chi connectivity index (χ1n) is 4.67. The summed E-state index contributed by atoms with van der Waals surface area (Å²) in [5.74, 6) is 0.584. The molecule has 0 rings (SSSR count). The van der Waals surface area contributed by atoms with Gasteiger partial charge in [0.2, 0.25) is 0 Å². The fourth-order valence-corrected chi connectivity index (χ4v) is 0.768. The molecule has 0 aromatic carbocycles. The maximum absolute atomic E-state index is 8.27. The number of rotatable bonds is 6. The average Bonchev–Trinajstić information content (AvgIpc) is 2.03. The van der Waals surface area contributed by atoms with Gasteiger partial charge in [-0.3, -0.25) is 0 Å². The van der Waals surface area contributed by atoms with E-state index >= 15 is 0 Å². The topological polar surface area (TPSA) is 33.0 Å². The van der Waals surface area contributed by atoms with Gasteiger partial charge >= 0.3 is 0 Å². The molecular formula is C10H19NO. The lowest BCUT2D eigenvalue weighted by molar-refractivity contribution is 0.0335. The Kier molecular flexibility index (Phi) is 6.79. The minimum Gasteiger partial charge on any atom is -0.378 e. The Morgan fingerprint density at radius 3 is 2.42 bits per heavy atom. The molecule has 0 aromatic heterocycles. The molecule has 0 aromatic rings. The fourth-order valence-electron chi connectivity index (χ4n) is 0.768. The second kappa shape index (κ2) is 7.12. The molecule has 0 N–H and O–H groups in total. The van der Waals surface area contributed by atoms with Crippen molar-refractivity contribution in [1.29, 1.82) is 5.26 Å². The van der Waals surface area contributed by atoms with Gasteiger partial charge in [-0.05, 0) is 25.7 Å². The first-order chi connectivity index (χ1) is 5.68. The van der Waals surface area contributed by atoms with E-state index in [1.165, 1.54) is 0 Å². The lowest BCUT2D eigenvalue weighted by Gasteiger charge is -2.15. The number of nitrogens with zero attached hydrogens (tertiary/aromatic N) is 1. The van der Waals surface area contributed by atoms with E-state index in [1.807, 2.05) is 0 Å². The highest BCUT2D eigenvalue weighted by atomic mass is 16.5. The summed E-state index contributed by atoms with van der Waals surface area (Å²) >= 11 is 0. The molecule has 0 saturated heterocycles. The standard InChI is InChI=1S/C10H19NO/c1-9(2)10(3)12-8-6-4-5-7-11/h9-10H,4-6,8H2,1-3H3/t10-/m1/s1. The Hall–Kier alpha value is -0.550. The Balaban J connectivity index is 3.15. The summed E-state index contributed by atoms with van der Waals surface area (Å²) in [6, 6.07) is 2.12. The lowest BCUT2D eigenvalue weighted by Crippen LogP contribution is -2.15. The van der Waals surface area contributed by atoms with Crippen LogP contribution >= 0.6 is 0 Å². The second-order valence-corrected chi connectivity index (χ2v) is 3.44. The van der Waals surface area contributed by atoms with Crippen molar-refractivity contribution in [2.24, 2.45) is 5.92 Å². The van der Waals surface area contributed by atoms with Gasteiger partial charge in [0.25, 0.3) is 0 Å². The van der Waals surface area contributed by atoms with Crippen molar-refractivity contribution >= 4 is 0 Å². The third-order valence-electron chi connectivity index (χ3n) is 2.00. The molecule has 0 unspecified atom stereocenters. The summed E-state index contributed by atoms with van der Waals surface area (Å²) in [5.41, 5.74) is 0. The highest BCUT2D eigenvalue weighted by Gasteiger charge is 2.05. The van der Waals surface area contributed by atoms with Crippen molar-refractivity contribution < 1.29 is 4.74 Å². The van der Waals surface area contributed by atoms with E-state index in [4.69, 9.17) is 10.00 Å². The molecule has 0 aliphatic heterocycles. The summed E-state index contributed by atoms with van der Waals surface area (Å²) in [4.78, 5) is 0. The molecule has 1 atom stereocenters. The average molecular weight is 169 g/mol. The highest BCUT2D eigenvalue weighted by molar-refractivity contribution is 4.67. The monoisotopic (exact) mass is 169 g/mol. The number of hydrogen-bond donors (Lipinski definition) is 0. The summed E-state index contributed by atoms with van der Waals surface area (Å²) < 4.78 is 5.54. The number of hydrogen-bond acceptors (Lipinski definition) is 2. The van der Waals surface area contributed by atoms with Crippen molar-refractivity contribution in [1.82, 2.24) is 0 Å². The highest BCUT2D eigenvalue weighted by Crippen LogP contribution is 2.06. The van der Waals surface area contributed by atoms with Crippen LogP contribution in [0.5, 0.6) is 0 Å². The maximum Gasteiger partial charge on any atom is 0.0621 e. The van der Waals surface area contributed by atoms with Gasteiger partial charge < -0.3 is 4.74 Å². The Labute approximate surface area is 75.5 Å².